The van der Waals surface area contributed by atoms with Gasteiger partial charge in [-0.1, -0.05) is 11.6 Å². The Hall–Kier alpha value is -1.92. The van der Waals surface area contributed by atoms with E-state index in [4.69, 9.17) is 16.3 Å². The zero-order valence-corrected chi connectivity index (χ0v) is 15.6. The van der Waals surface area contributed by atoms with Crippen molar-refractivity contribution in [3.05, 3.63) is 35.2 Å². The van der Waals surface area contributed by atoms with Crippen LogP contribution in [0.25, 0.3) is 10.9 Å². The number of halogens is 2. The van der Waals surface area contributed by atoms with Gasteiger partial charge in [0, 0.05) is 50.9 Å². The van der Waals surface area contributed by atoms with E-state index < -0.39 is 0 Å². The van der Waals surface area contributed by atoms with Crippen LogP contribution in [-0.2, 0) is 9.53 Å². The number of amides is 1. The van der Waals surface area contributed by atoms with Gasteiger partial charge < -0.3 is 15.0 Å². The van der Waals surface area contributed by atoms with Gasteiger partial charge in [0.15, 0.2) is 5.82 Å². The molecule has 1 fully saturated rings. The Morgan fingerprint density at radius 3 is 2.88 bits per heavy atom. The fraction of sp³-hybridized carbons (Fsp3) is 0.474. The first-order chi connectivity index (χ1) is 12.6. The Morgan fingerprint density at radius 1 is 1.38 bits per heavy atom. The van der Waals surface area contributed by atoms with Gasteiger partial charge in [-0.05, 0) is 37.5 Å². The molecule has 0 bridgehead atoms. The number of methoxy groups -OCH3 is 1. The molecule has 2 aromatic rings. The van der Waals surface area contributed by atoms with Gasteiger partial charge in [-0.2, -0.15) is 0 Å². The molecule has 0 atom stereocenters. The van der Waals surface area contributed by atoms with Crippen LogP contribution in [0.2, 0.25) is 5.02 Å². The third-order valence-corrected chi connectivity index (χ3v) is 5.14. The summed E-state index contributed by atoms with van der Waals surface area (Å²) in [6, 6.07) is 5.20. The average molecular weight is 380 g/mol. The van der Waals surface area contributed by atoms with Crippen LogP contribution >= 0.6 is 11.6 Å². The summed E-state index contributed by atoms with van der Waals surface area (Å²) >= 11 is 6.11. The highest BCUT2D eigenvalue weighted by Gasteiger charge is 2.26. The number of carbonyl (C=O) groups excluding carboxylic acids is 1. The molecule has 0 spiro atoms. The van der Waals surface area contributed by atoms with E-state index in [2.05, 4.69) is 10.3 Å². The largest absolute Gasteiger partial charge is 0.385 e. The number of aromatic nitrogens is 1. The summed E-state index contributed by atoms with van der Waals surface area (Å²) in [7, 11) is 1.65. The molecule has 1 aliphatic rings. The summed E-state index contributed by atoms with van der Waals surface area (Å²) in [6.07, 6.45) is 3.73. The lowest BCUT2D eigenvalue weighted by Crippen LogP contribution is -2.41. The molecule has 0 aliphatic carbocycles. The molecule has 1 amide bonds. The van der Waals surface area contributed by atoms with Crippen molar-refractivity contribution >= 4 is 34.1 Å². The second kappa shape index (κ2) is 8.64. The molecular weight excluding hydrogens is 357 g/mol. The van der Waals surface area contributed by atoms with Gasteiger partial charge in [0.1, 0.15) is 5.52 Å². The van der Waals surface area contributed by atoms with E-state index in [-0.39, 0.29) is 23.2 Å². The van der Waals surface area contributed by atoms with Crippen molar-refractivity contribution in [1.82, 2.24) is 10.3 Å². The fourth-order valence-corrected chi connectivity index (χ4v) is 3.55. The zero-order chi connectivity index (χ0) is 18.5. The Bertz CT molecular complexity index is 779. The fourth-order valence-electron chi connectivity index (χ4n) is 3.34. The van der Waals surface area contributed by atoms with Crippen molar-refractivity contribution in [3.63, 3.8) is 0 Å². The van der Waals surface area contributed by atoms with Crippen LogP contribution in [0, 0.1) is 11.7 Å². The van der Waals surface area contributed by atoms with E-state index in [1.807, 2.05) is 4.90 Å². The minimum absolute atomic E-state index is 0.0233. The highest BCUT2D eigenvalue weighted by Crippen LogP contribution is 2.32. The molecule has 0 unspecified atom stereocenters. The number of pyridine rings is 1. The average Bonchev–Trinajstić information content (AvgIpc) is 2.66. The maximum atomic E-state index is 14.9. The summed E-state index contributed by atoms with van der Waals surface area (Å²) in [5.74, 6) is -0.300. The second-order valence-corrected chi connectivity index (χ2v) is 6.89. The van der Waals surface area contributed by atoms with E-state index >= 15 is 0 Å². The van der Waals surface area contributed by atoms with Gasteiger partial charge in [-0.15, -0.1) is 0 Å². The lowest BCUT2D eigenvalue weighted by Gasteiger charge is -2.33. The van der Waals surface area contributed by atoms with E-state index in [1.165, 1.54) is 6.20 Å². The topological polar surface area (TPSA) is 54.5 Å². The molecule has 5 nitrogen and oxygen atoms in total. The SMILES string of the molecule is COCCCNC(=O)C1CCN(c2ccc3c(Cl)ccnc3c2F)CC1. The molecule has 7 heteroatoms. The van der Waals surface area contributed by atoms with Gasteiger partial charge in [0.05, 0.1) is 10.7 Å². The molecular formula is C19H23ClFN3O2. The van der Waals surface area contributed by atoms with Crippen LogP contribution in [0.1, 0.15) is 19.3 Å². The van der Waals surface area contributed by atoms with Crippen LogP contribution in [0.5, 0.6) is 0 Å². The molecule has 1 aromatic heterocycles. The van der Waals surface area contributed by atoms with Crippen LogP contribution in [0.3, 0.4) is 0 Å². The summed E-state index contributed by atoms with van der Waals surface area (Å²) < 4.78 is 19.8. The number of ether oxygens (including phenoxy) is 1. The number of rotatable bonds is 6. The molecule has 1 N–H and O–H groups in total. The molecule has 1 aromatic carbocycles. The van der Waals surface area contributed by atoms with Gasteiger partial charge in [-0.3, -0.25) is 9.78 Å². The standard InChI is InChI=1S/C19H23ClFN3O2/c1-26-12-2-8-23-19(25)13-6-10-24(11-7-13)16-4-3-14-15(20)5-9-22-18(14)17(16)21/h3-5,9,13H,2,6-8,10-12H2,1H3,(H,23,25). The van der Waals surface area contributed by atoms with Crippen LogP contribution < -0.4 is 10.2 Å². The molecule has 3 rings (SSSR count). The van der Waals surface area contributed by atoms with Crippen molar-refractivity contribution in [2.24, 2.45) is 5.92 Å². The number of piperidine rings is 1. The van der Waals surface area contributed by atoms with E-state index in [9.17, 15) is 9.18 Å². The number of carbonyl (C=O) groups is 1. The number of hydrogen-bond acceptors (Lipinski definition) is 4. The highest BCUT2D eigenvalue weighted by atomic mass is 35.5. The predicted molar refractivity (Wildman–Crippen MR) is 101 cm³/mol. The zero-order valence-electron chi connectivity index (χ0n) is 14.8. The maximum absolute atomic E-state index is 14.9. The third kappa shape index (κ3) is 4.07. The Labute approximate surface area is 157 Å². The normalized spacial score (nSPS) is 15.4. The molecule has 140 valence electrons. The number of anilines is 1. The van der Waals surface area contributed by atoms with Gasteiger partial charge in [-0.25, -0.2) is 4.39 Å². The number of benzene rings is 1. The molecule has 0 radical (unpaired) electrons. The van der Waals surface area contributed by atoms with E-state index in [0.717, 1.165) is 6.42 Å². The minimum atomic E-state index is -0.354. The Kier molecular flexibility index (Phi) is 6.27. The second-order valence-electron chi connectivity index (χ2n) is 6.49. The molecule has 0 saturated carbocycles. The molecule has 26 heavy (non-hydrogen) atoms. The van der Waals surface area contributed by atoms with Crippen molar-refractivity contribution in [2.75, 3.05) is 38.3 Å². The van der Waals surface area contributed by atoms with Crippen LogP contribution in [-0.4, -0.2) is 44.2 Å². The lowest BCUT2D eigenvalue weighted by atomic mass is 9.95. The Balaban J connectivity index is 1.62. The van der Waals surface area contributed by atoms with Gasteiger partial charge in [0.25, 0.3) is 0 Å². The summed E-state index contributed by atoms with van der Waals surface area (Å²) in [5.41, 5.74) is 0.805. The lowest BCUT2D eigenvalue weighted by molar-refractivity contribution is -0.125. The third-order valence-electron chi connectivity index (χ3n) is 4.81. The first kappa shape index (κ1) is 18.9. The number of hydrogen-bond donors (Lipinski definition) is 1. The Morgan fingerprint density at radius 2 is 2.15 bits per heavy atom. The van der Waals surface area contributed by atoms with E-state index in [0.29, 0.717) is 55.2 Å². The van der Waals surface area contributed by atoms with Gasteiger partial charge >= 0.3 is 0 Å². The van der Waals surface area contributed by atoms with Crippen LogP contribution in [0.4, 0.5) is 10.1 Å². The monoisotopic (exact) mass is 379 g/mol. The van der Waals surface area contributed by atoms with Crippen molar-refractivity contribution < 1.29 is 13.9 Å². The van der Waals surface area contributed by atoms with Gasteiger partial charge in [0.2, 0.25) is 5.91 Å². The number of fused-ring (bicyclic) bond motifs is 1. The summed E-state index contributed by atoms with van der Waals surface area (Å²) in [5, 5.41) is 4.05. The van der Waals surface area contributed by atoms with Crippen LogP contribution in [0.15, 0.2) is 24.4 Å². The highest BCUT2D eigenvalue weighted by molar-refractivity contribution is 6.35. The molecule has 1 aliphatic heterocycles. The number of nitrogens with zero attached hydrogens (tertiary/aromatic N) is 2. The van der Waals surface area contributed by atoms with Crippen molar-refractivity contribution in [3.8, 4) is 0 Å². The summed E-state index contributed by atoms with van der Waals surface area (Å²) in [4.78, 5) is 18.3. The maximum Gasteiger partial charge on any atom is 0.223 e. The van der Waals surface area contributed by atoms with E-state index in [1.54, 1.807) is 25.3 Å². The minimum Gasteiger partial charge on any atom is -0.385 e. The predicted octanol–water partition coefficient (Wildman–Crippen LogP) is 3.40. The smallest absolute Gasteiger partial charge is 0.223 e. The quantitative estimate of drug-likeness (QED) is 0.781. The number of nitrogens with one attached hydrogen (secondary N) is 1. The molecule has 1 saturated heterocycles. The van der Waals surface area contributed by atoms with Crippen molar-refractivity contribution in [1.29, 1.82) is 0 Å². The first-order valence-corrected chi connectivity index (χ1v) is 9.24. The summed E-state index contributed by atoms with van der Waals surface area (Å²) in [6.45, 7) is 2.54. The van der Waals surface area contributed by atoms with Crippen molar-refractivity contribution in [2.45, 2.75) is 19.3 Å². The first-order valence-electron chi connectivity index (χ1n) is 8.86. The molecule has 2 heterocycles.